The molecule has 4 aromatic carbocycles. The van der Waals surface area contributed by atoms with Gasteiger partial charge in [0.25, 0.3) is 17.7 Å². The molecule has 0 bridgehead atoms. The number of ether oxygens (including phenoxy) is 9. The molecule has 3 amide bonds. The molecule has 0 heterocycles. The fourth-order valence-electron chi connectivity index (χ4n) is 8.01. The van der Waals surface area contributed by atoms with E-state index in [9.17, 15) is 14.4 Å². The van der Waals surface area contributed by atoms with Gasteiger partial charge in [0, 0.05) is 129 Å². The maximum atomic E-state index is 12.8. The van der Waals surface area contributed by atoms with Crippen LogP contribution in [-0.2, 0) is 93.3 Å². The van der Waals surface area contributed by atoms with Crippen molar-refractivity contribution in [3.05, 3.63) is 122 Å². The maximum Gasteiger partial charge on any atom is 0.259 e. The molecule has 0 saturated heterocycles. The standard InChI is InChI=1S/C53H73N3O12/c1-52(2,43-20-35(26-60-10)49(36(21-43)27-61-11)66-32-46(57)54(4)5)41-16-18-42(19-17-41)53(3,44-22-37(28-62-12)50(38(23-44)29-63-13)67-33-47(58)55(6)7)45-24-39(30-64-14)51(40(25-45)31-65-15)68-34-48(59)56(8)9/h16-25H,26-34H2,1-15H3. The number of carbonyl (C=O) groups excluding carboxylic acids is 3. The second-order valence-corrected chi connectivity index (χ2v) is 18.0. The van der Waals surface area contributed by atoms with Gasteiger partial charge in [-0.3, -0.25) is 14.4 Å². The summed E-state index contributed by atoms with van der Waals surface area (Å²) in [5, 5.41) is 0. The van der Waals surface area contributed by atoms with Crippen LogP contribution in [0.1, 0.15) is 82.0 Å². The highest BCUT2D eigenvalue weighted by Crippen LogP contribution is 2.46. The molecule has 0 aromatic heterocycles. The van der Waals surface area contributed by atoms with E-state index >= 15 is 0 Å². The van der Waals surface area contributed by atoms with Crippen LogP contribution in [0.3, 0.4) is 0 Å². The highest BCUT2D eigenvalue weighted by atomic mass is 16.5. The predicted octanol–water partition coefficient (Wildman–Crippen LogP) is 6.65. The Morgan fingerprint density at radius 2 is 0.618 bits per heavy atom. The molecule has 4 aromatic rings. The number of nitrogens with zero attached hydrogens (tertiary/aromatic N) is 3. The average Bonchev–Trinajstić information content (AvgIpc) is 3.30. The minimum absolute atomic E-state index is 0.124. The first-order valence-electron chi connectivity index (χ1n) is 22.3. The molecule has 0 saturated carbocycles. The SMILES string of the molecule is COCc1cc(C(C)(C)c2ccc(C(C)(c3cc(COC)c(OCC(=O)N(C)C)c(COC)c3)c3cc(COC)c(OCC(=O)N(C)C)c(COC)c3)cc2)cc(COC)c1OCC(=O)N(C)C. The van der Waals surface area contributed by atoms with E-state index in [-0.39, 0.29) is 77.2 Å². The molecular formula is C53H73N3O12. The van der Waals surface area contributed by atoms with Gasteiger partial charge in [-0.25, -0.2) is 0 Å². The minimum Gasteiger partial charge on any atom is -0.483 e. The first kappa shape index (κ1) is 55.0. The number of amides is 3. The van der Waals surface area contributed by atoms with Crippen LogP contribution in [0.2, 0.25) is 0 Å². The third kappa shape index (κ3) is 13.2. The average molecular weight is 944 g/mol. The van der Waals surface area contributed by atoms with Crippen molar-refractivity contribution in [2.24, 2.45) is 0 Å². The summed E-state index contributed by atoms with van der Waals surface area (Å²) < 4.78 is 53.0. The van der Waals surface area contributed by atoms with Crippen molar-refractivity contribution in [3.8, 4) is 17.2 Å². The van der Waals surface area contributed by atoms with Crippen LogP contribution in [0, 0.1) is 0 Å². The topological polar surface area (TPSA) is 144 Å². The molecule has 0 aliphatic carbocycles. The normalized spacial score (nSPS) is 11.6. The Bertz CT molecular complexity index is 2160. The van der Waals surface area contributed by atoms with Gasteiger partial charge in [-0.2, -0.15) is 0 Å². The van der Waals surface area contributed by atoms with Crippen molar-refractivity contribution in [3.63, 3.8) is 0 Å². The van der Waals surface area contributed by atoms with Crippen LogP contribution >= 0.6 is 0 Å². The minimum atomic E-state index is -0.880. The summed E-state index contributed by atoms with van der Waals surface area (Å²) in [5.41, 5.74) is 7.94. The van der Waals surface area contributed by atoms with Crippen LogP contribution in [-0.4, -0.2) is 137 Å². The van der Waals surface area contributed by atoms with Gasteiger partial charge in [-0.05, 0) is 71.1 Å². The van der Waals surface area contributed by atoms with Crippen LogP contribution < -0.4 is 14.2 Å². The third-order valence-electron chi connectivity index (χ3n) is 12.1. The molecule has 372 valence electrons. The van der Waals surface area contributed by atoms with E-state index in [2.05, 4.69) is 81.4 Å². The number of benzene rings is 4. The number of likely N-dealkylation sites (N-methyl/N-ethyl adjacent to an activating group) is 3. The molecule has 0 aliphatic heterocycles. The molecule has 4 rings (SSSR count). The Balaban J connectivity index is 2.03. The summed E-state index contributed by atoms with van der Waals surface area (Å²) in [7, 11) is 19.9. The van der Waals surface area contributed by atoms with Gasteiger partial charge >= 0.3 is 0 Å². The first-order chi connectivity index (χ1) is 32.3. The van der Waals surface area contributed by atoms with E-state index < -0.39 is 10.8 Å². The summed E-state index contributed by atoms with van der Waals surface area (Å²) in [5.74, 6) is 1.06. The van der Waals surface area contributed by atoms with E-state index in [1.165, 1.54) is 14.7 Å². The highest BCUT2D eigenvalue weighted by Gasteiger charge is 2.36. The van der Waals surface area contributed by atoms with E-state index in [1.54, 1.807) is 84.9 Å². The molecule has 15 nitrogen and oxygen atoms in total. The van der Waals surface area contributed by atoms with Crippen LogP contribution in [0.5, 0.6) is 17.2 Å². The molecule has 0 unspecified atom stereocenters. The fourth-order valence-corrected chi connectivity index (χ4v) is 8.01. The Hall–Kier alpha value is -5.55. The third-order valence-corrected chi connectivity index (χ3v) is 12.1. The Labute approximate surface area is 403 Å². The van der Waals surface area contributed by atoms with Gasteiger partial charge in [-0.15, -0.1) is 0 Å². The Morgan fingerprint density at radius 3 is 0.853 bits per heavy atom. The summed E-state index contributed by atoms with van der Waals surface area (Å²) in [6, 6.07) is 21.0. The van der Waals surface area contributed by atoms with Crippen molar-refractivity contribution in [2.45, 2.75) is 71.2 Å². The smallest absolute Gasteiger partial charge is 0.259 e. The first-order valence-corrected chi connectivity index (χ1v) is 22.3. The maximum absolute atomic E-state index is 12.8. The molecule has 0 aliphatic rings. The Morgan fingerprint density at radius 1 is 0.382 bits per heavy atom. The lowest BCUT2D eigenvalue weighted by Gasteiger charge is -2.35. The van der Waals surface area contributed by atoms with Crippen molar-refractivity contribution < 1.29 is 57.0 Å². The lowest BCUT2D eigenvalue weighted by molar-refractivity contribution is -0.131. The number of rotatable bonds is 26. The number of hydrogen-bond donors (Lipinski definition) is 0. The van der Waals surface area contributed by atoms with Crippen molar-refractivity contribution in [2.75, 3.05) is 105 Å². The van der Waals surface area contributed by atoms with Gasteiger partial charge in [0.2, 0.25) is 0 Å². The predicted molar refractivity (Wildman–Crippen MR) is 260 cm³/mol. The van der Waals surface area contributed by atoms with Crippen LogP contribution in [0.25, 0.3) is 0 Å². The molecule has 0 radical (unpaired) electrons. The lowest BCUT2D eigenvalue weighted by Crippen LogP contribution is -2.29. The van der Waals surface area contributed by atoms with Crippen LogP contribution in [0.4, 0.5) is 0 Å². The monoisotopic (exact) mass is 944 g/mol. The zero-order chi connectivity index (χ0) is 50.3. The fraction of sp³-hybridized carbons (Fsp3) is 0.491. The van der Waals surface area contributed by atoms with Crippen molar-refractivity contribution in [1.82, 2.24) is 14.7 Å². The summed E-state index contributed by atoms with van der Waals surface area (Å²) >= 11 is 0. The van der Waals surface area contributed by atoms with Gasteiger partial charge in [0.1, 0.15) is 17.2 Å². The van der Waals surface area contributed by atoms with Crippen LogP contribution in [0.15, 0.2) is 60.7 Å². The number of hydrogen-bond acceptors (Lipinski definition) is 12. The molecule has 0 atom stereocenters. The van der Waals surface area contributed by atoms with Gasteiger partial charge in [-0.1, -0.05) is 38.1 Å². The van der Waals surface area contributed by atoms with Crippen molar-refractivity contribution >= 4 is 17.7 Å². The van der Waals surface area contributed by atoms with E-state index in [4.69, 9.17) is 42.6 Å². The van der Waals surface area contributed by atoms with Gasteiger partial charge < -0.3 is 57.3 Å². The van der Waals surface area contributed by atoms with E-state index in [0.717, 1.165) is 61.2 Å². The van der Waals surface area contributed by atoms with Crippen molar-refractivity contribution in [1.29, 1.82) is 0 Å². The lowest BCUT2D eigenvalue weighted by atomic mass is 9.68. The summed E-state index contributed by atoms with van der Waals surface area (Å²) in [4.78, 5) is 42.6. The zero-order valence-corrected chi connectivity index (χ0v) is 42.9. The zero-order valence-electron chi connectivity index (χ0n) is 42.9. The molecule has 0 fully saturated rings. The largest absolute Gasteiger partial charge is 0.483 e. The molecule has 0 N–H and O–H groups in total. The summed E-state index contributed by atoms with van der Waals surface area (Å²) in [6.45, 7) is 7.36. The summed E-state index contributed by atoms with van der Waals surface area (Å²) in [6.07, 6.45) is 0. The molecule has 15 heteroatoms. The van der Waals surface area contributed by atoms with Gasteiger partial charge in [0.05, 0.1) is 39.6 Å². The quantitative estimate of drug-likeness (QED) is 0.0623. The number of carbonyl (C=O) groups is 3. The Kier molecular flexibility index (Phi) is 20.4. The molecule has 68 heavy (non-hydrogen) atoms. The van der Waals surface area contributed by atoms with E-state index in [1.807, 2.05) is 0 Å². The second-order valence-electron chi connectivity index (χ2n) is 18.0. The highest BCUT2D eigenvalue weighted by molar-refractivity contribution is 5.78. The molecule has 0 spiro atoms. The second kappa shape index (κ2) is 25.2. The van der Waals surface area contributed by atoms with Gasteiger partial charge in [0.15, 0.2) is 19.8 Å². The number of methoxy groups -OCH3 is 6. The molecular weight excluding hydrogens is 871 g/mol. The van der Waals surface area contributed by atoms with E-state index in [0.29, 0.717) is 17.2 Å².